The second-order valence-corrected chi connectivity index (χ2v) is 10.5. The van der Waals surface area contributed by atoms with E-state index in [1.807, 2.05) is 16.8 Å². The van der Waals surface area contributed by atoms with Gasteiger partial charge in [-0.2, -0.15) is 0 Å². The van der Waals surface area contributed by atoms with Gasteiger partial charge in [0.2, 0.25) is 0 Å². The number of hydrogen-bond acceptors (Lipinski definition) is 5. The first-order chi connectivity index (χ1) is 14.1. The Balaban J connectivity index is 1.93. The van der Waals surface area contributed by atoms with Crippen LogP contribution in [-0.4, -0.2) is 47.8 Å². The standard InChI is InChI=1S/C22H26AsN3O3/c1-2-3-10-23-22-24-12-19-17-9-4-14(13-27)11-18(17)21(29)26(20(19)25-22)15-5-7-16(28)8-6-15/h4,9,11-13,15-16,23,28H,2-3,5-8,10H2,1H3/t15-,16-. The van der Waals surface area contributed by atoms with E-state index in [4.69, 9.17) is 4.98 Å². The van der Waals surface area contributed by atoms with Crippen molar-refractivity contribution in [3.63, 3.8) is 0 Å². The molecule has 1 aromatic carbocycles. The van der Waals surface area contributed by atoms with Crippen LogP contribution in [0.3, 0.4) is 0 Å². The molecule has 1 aliphatic carbocycles. The van der Waals surface area contributed by atoms with E-state index in [0.29, 0.717) is 29.4 Å². The van der Waals surface area contributed by atoms with E-state index in [1.54, 1.807) is 12.1 Å². The zero-order valence-corrected chi connectivity index (χ0v) is 18.7. The van der Waals surface area contributed by atoms with Gasteiger partial charge in [-0.1, -0.05) is 0 Å². The van der Waals surface area contributed by atoms with Gasteiger partial charge in [0, 0.05) is 0 Å². The molecule has 152 valence electrons. The molecule has 1 fully saturated rings. The van der Waals surface area contributed by atoms with Crippen molar-refractivity contribution in [2.24, 2.45) is 0 Å². The molecule has 2 aromatic heterocycles. The normalized spacial score (nSPS) is 20.1. The van der Waals surface area contributed by atoms with Crippen LogP contribution < -0.4 is 10.2 Å². The number of carbonyl (C=O) groups excluding carboxylic acids is 1. The molecular formula is C22H26AsN3O3. The molecule has 1 aliphatic rings. The summed E-state index contributed by atoms with van der Waals surface area (Å²) in [6.45, 7) is 2.18. The second-order valence-electron chi connectivity index (χ2n) is 7.77. The summed E-state index contributed by atoms with van der Waals surface area (Å²) in [7, 11) is 0. The van der Waals surface area contributed by atoms with Crippen molar-refractivity contribution < 1.29 is 9.90 Å². The molecule has 1 atom stereocenters. The molecule has 0 aliphatic heterocycles. The minimum atomic E-state index is -0.426. The average Bonchev–Trinajstić information content (AvgIpc) is 2.75. The molecule has 0 radical (unpaired) electrons. The van der Waals surface area contributed by atoms with Crippen molar-refractivity contribution in [3.05, 3.63) is 40.3 Å². The molecule has 1 saturated carbocycles. The van der Waals surface area contributed by atoms with E-state index in [-0.39, 0.29) is 17.7 Å². The van der Waals surface area contributed by atoms with Crippen molar-refractivity contribution in [2.75, 3.05) is 0 Å². The molecule has 3 aromatic rings. The van der Waals surface area contributed by atoms with Crippen molar-refractivity contribution in [3.8, 4) is 0 Å². The summed E-state index contributed by atoms with van der Waals surface area (Å²) in [5.41, 5.74) is 1.09. The number of hydrogen-bond donors (Lipinski definition) is 1. The molecule has 29 heavy (non-hydrogen) atoms. The molecular weight excluding hydrogens is 429 g/mol. The van der Waals surface area contributed by atoms with Crippen LogP contribution in [0.5, 0.6) is 0 Å². The maximum absolute atomic E-state index is 13.5. The fourth-order valence-electron chi connectivity index (χ4n) is 4.14. The fourth-order valence-corrected chi connectivity index (χ4v) is 6.43. The first-order valence-electron chi connectivity index (χ1n) is 10.3. The molecule has 2 heterocycles. The summed E-state index contributed by atoms with van der Waals surface area (Å²) in [6.07, 6.45) is 7.55. The molecule has 4 rings (SSSR count). The molecule has 0 bridgehead atoms. The minimum absolute atomic E-state index is 0.0103. The van der Waals surface area contributed by atoms with Crippen molar-refractivity contribution in [1.29, 1.82) is 0 Å². The topological polar surface area (TPSA) is 85.1 Å². The Morgan fingerprint density at radius 2 is 2.00 bits per heavy atom. The molecule has 7 heteroatoms. The Kier molecular flexibility index (Phi) is 6.12. The summed E-state index contributed by atoms with van der Waals surface area (Å²) >= 11 is -0.426. The third kappa shape index (κ3) is 4.01. The first-order valence-corrected chi connectivity index (χ1v) is 12.9. The Hall–Kier alpha value is -2.04. The third-order valence-electron chi connectivity index (χ3n) is 5.76. The van der Waals surface area contributed by atoms with Crippen molar-refractivity contribution in [2.45, 2.75) is 62.8 Å². The Labute approximate surface area is 176 Å². The van der Waals surface area contributed by atoms with Crippen LogP contribution in [0.1, 0.15) is 61.8 Å². The fraction of sp³-hybridized carbons (Fsp3) is 0.455. The number of aliphatic hydroxyl groups is 1. The number of pyridine rings is 1. The molecule has 0 spiro atoms. The molecule has 6 nitrogen and oxygen atoms in total. The Morgan fingerprint density at radius 1 is 1.21 bits per heavy atom. The van der Waals surface area contributed by atoms with Crippen LogP contribution in [-0.2, 0) is 0 Å². The van der Waals surface area contributed by atoms with Crippen LogP contribution in [0.15, 0.2) is 29.2 Å². The molecule has 0 saturated heterocycles. The quantitative estimate of drug-likeness (QED) is 0.267. The summed E-state index contributed by atoms with van der Waals surface area (Å²) in [4.78, 5) is 34.2. The molecule has 0 amide bonds. The maximum atomic E-state index is 13.5. The number of carbonyl (C=O) groups is 1. The van der Waals surface area contributed by atoms with Gasteiger partial charge in [-0.25, -0.2) is 0 Å². The number of nitrogens with zero attached hydrogens (tertiary/aromatic N) is 3. The monoisotopic (exact) mass is 455 g/mol. The molecule has 1 unspecified atom stereocenters. The van der Waals surface area contributed by atoms with Gasteiger partial charge in [0.05, 0.1) is 0 Å². The summed E-state index contributed by atoms with van der Waals surface area (Å²) in [5.74, 6) is 0. The molecule has 1 N–H and O–H groups in total. The van der Waals surface area contributed by atoms with Gasteiger partial charge in [-0.15, -0.1) is 0 Å². The van der Waals surface area contributed by atoms with Crippen LogP contribution in [0.2, 0.25) is 5.21 Å². The summed E-state index contributed by atoms with van der Waals surface area (Å²) < 4.78 is 2.70. The number of fused-ring (bicyclic) bond motifs is 3. The Morgan fingerprint density at radius 3 is 2.72 bits per heavy atom. The van der Waals surface area contributed by atoms with Crippen molar-refractivity contribution in [1.82, 2.24) is 14.5 Å². The average molecular weight is 455 g/mol. The van der Waals surface area contributed by atoms with Gasteiger partial charge >= 0.3 is 176 Å². The van der Waals surface area contributed by atoms with E-state index < -0.39 is 15.8 Å². The predicted octanol–water partition coefficient (Wildman–Crippen LogP) is 2.51. The Bertz CT molecular complexity index is 1100. The van der Waals surface area contributed by atoms with E-state index in [1.165, 1.54) is 6.42 Å². The first kappa shape index (κ1) is 20.2. The zero-order chi connectivity index (χ0) is 20.4. The van der Waals surface area contributed by atoms with Crippen LogP contribution in [0.4, 0.5) is 0 Å². The van der Waals surface area contributed by atoms with Crippen LogP contribution >= 0.6 is 0 Å². The van der Waals surface area contributed by atoms with Gasteiger partial charge in [-0.05, 0) is 0 Å². The van der Waals surface area contributed by atoms with Crippen LogP contribution in [0.25, 0.3) is 21.8 Å². The van der Waals surface area contributed by atoms with Gasteiger partial charge in [0.25, 0.3) is 0 Å². The zero-order valence-electron chi connectivity index (χ0n) is 16.6. The van der Waals surface area contributed by atoms with E-state index in [0.717, 1.165) is 46.1 Å². The van der Waals surface area contributed by atoms with Gasteiger partial charge < -0.3 is 0 Å². The van der Waals surface area contributed by atoms with Crippen LogP contribution in [0, 0.1) is 0 Å². The second kappa shape index (κ2) is 8.76. The van der Waals surface area contributed by atoms with Crippen molar-refractivity contribution >= 4 is 48.5 Å². The SMILES string of the molecule is CCCC[AsH]c1ncc2c3ccc(C=O)cc3c(=O)n([C@H]3CC[C@H](O)CC3)c2n1. The van der Waals surface area contributed by atoms with Gasteiger partial charge in [-0.3, -0.25) is 0 Å². The van der Waals surface area contributed by atoms with Gasteiger partial charge in [0.15, 0.2) is 0 Å². The van der Waals surface area contributed by atoms with Gasteiger partial charge in [0.1, 0.15) is 0 Å². The number of unbranched alkanes of at least 4 members (excludes halogenated alkanes) is 1. The van der Waals surface area contributed by atoms with E-state index >= 15 is 0 Å². The van der Waals surface area contributed by atoms with E-state index in [2.05, 4.69) is 11.9 Å². The number of benzene rings is 1. The third-order valence-corrected chi connectivity index (χ3v) is 8.20. The number of aldehydes is 1. The number of aromatic nitrogens is 3. The number of rotatable bonds is 6. The summed E-state index contributed by atoms with van der Waals surface area (Å²) in [5, 5.41) is 13.2. The predicted molar refractivity (Wildman–Crippen MR) is 117 cm³/mol. The number of aliphatic hydroxyl groups excluding tert-OH is 1. The summed E-state index contributed by atoms with van der Waals surface area (Å²) in [6, 6.07) is 5.24. The van der Waals surface area contributed by atoms with E-state index in [9.17, 15) is 14.7 Å².